The van der Waals surface area contributed by atoms with Crippen molar-refractivity contribution < 1.29 is 33.8 Å². The smallest absolute Gasteiger partial charge is 0.355 e. The van der Waals surface area contributed by atoms with Gasteiger partial charge in [-0.1, -0.05) is 56.7 Å². The van der Waals surface area contributed by atoms with E-state index >= 15 is 0 Å². The lowest BCUT2D eigenvalue weighted by molar-refractivity contribution is -0.149. The lowest BCUT2D eigenvalue weighted by atomic mass is 9.94. The Bertz CT molecular complexity index is 1130. The number of oxazole rings is 1. The summed E-state index contributed by atoms with van der Waals surface area (Å²) >= 11 is 0. The van der Waals surface area contributed by atoms with Crippen molar-refractivity contribution in [1.82, 2.24) is 15.2 Å². The number of amides is 2. The highest BCUT2D eigenvalue weighted by atomic mass is 16.5. The van der Waals surface area contributed by atoms with Gasteiger partial charge in [0.15, 0.2) is 11.6 Å². The van der Waals surface area contributed by atoms with Crippen LogP contribution in [-0.2, 0) is 20.7 Å². The van der Waals surface area contributed by atoms with E-state index in [2.05, 4.69) is 10.3 Å². The lowest BCUT2D eigenvalue weighted by Crippen LogP contribution is -2.36. The van der Waals surface area contributed by atoms with Crippen LogP contribution in [0.3, 0.4) is 0 Å². The van der Waals surface area contributed by atoms with Crippen molar-refractivity contribution in [1.29, 1.82) is 0 Å². The van der Waals surface area contributed by atoms with Crippen LogP contribution < -0.4 is 5.32 Å². The molecule has 0 aliphatic carbocycles. The molecule has 4 atom stereocenters. The maximum Gasteiger partial charge on any atom is 0.355 e. The van der Waals surface area contributed by atoms with Crippen molar-refractivity contribution in [2.45, 2.75) is 65.3 Å². The summed E-state index contributed by atoms with van der Waals surface area (Å²) in [5.74, 6) is -1.58. The molecule has 1 aromatic rings. The molecular weight excluding hydrogens is 490 g/mol. The Hall–Kier alpha value is -3.50. The number of ether oxygens (including phenoxy) is 1. The van der Waals surface area contributed by atoms with Gasteiger partial charge in [0.25, 0.3) is 5.91 Å². The first-order valence-electron chi connectivity index (χ1n) is 12.9. The number of esters is 1. The van der Waals surface area contributed by atoms with Crippen molar-refractivity contribution in [3.05, 3.63) is 65.6 Å². The Balaban J connectivity index is 1.86. The summed E-state index contributed by atoms with van der Waals surface area (Å²) in [6.45, 7) is 8.08. The molecule has 3 rings (SSSR count). The van der Waals surface area contributed by atoms with Gasteiger partial charge in [-0.25, -0.2) is 9.78 Å². The molecule has 2 amide bonds. The number of cyclic esters (lactones) is 1. The summed E-state index contributed by atoms with van der Waals surface area (Å²) in [4.78, 5) is 44.0. The van der Waals surface area contributed by atoms with Gasteiger partial charge in [-0.3, -0.25) is 9.59 Å². The van der Waals surface area contributed by atoms with E-state index in [1.807, 2.05) is 20.8 Å². The van der Waals surface area contributed by atoms with Gasteiger partial charge in [0.2, 0.25) is 5.91 Å². The van der Waals surface area contributed by atoms with Gasteiger partial charge in [0, 0.05) is 25.4 Å². The molecule has 38 heavy (non-hydrogen) atoms. The first-order valence-corrected chi connectivity index (χ1v) is 12.9. The van der Waals surface area contributed by atoms with Crippen LogP contribution in [0, 0.1) is 11.8 Å². The van der Waals surface area contributed by atoms with Crippen LogP contribution in [0.25, 0.3) is 0 Å². The van der Waals surface area contributed by atoms with Gasteiger partial charge in [0.05, 0.1) is 18.6 Å². The van der Waals surface area contributed by atoms with E-state index < -0.39 is 30.2 Å². The van der Waals surface area contributed by atoms with E-state index in [0.29, 0.717) is 13.0 Å². The zero-order valence-corrected chi connectivity index (χ0v) is 22.3. The largest absolute Gasteiger partial charge is 0.457 e. The molecule has 10 heteroatoms. The summed E-state index contributed by atoms with van der Waals surface area (Å²) in [5, 5.41) is 23.5. The molecule has 0 fully saturated rings. The third kappa shape index (κ3) is 8.00. The molecule has 2 aliphatic heterocycles. The van der Waals surface area contributed by atoms with Gasteiger partial charge >= 0.3 is 5.97 Å². The van der Waals surface area contributed by atoms with Gasteiger partial charge in [-0.15, -0.1) is 0 Å². The number of aliphatic hydroxyl groups excluding tert-OH is 2. The Kier molecular flexibility index (Phi) is 10.2. The quantitative estimate of drug-likeness (QED) is 0.473. The summed E-state index contributed by atoms with van der Waals surface area (Å²) in [6.07, 6.45) is 9.22. The third-order valence-electron chi connectivity index (χ3n) is 6.33. The molecule has 10 nitrogen and oxygen atoms in total. The van der Waals surface area contributed by atoms with E-state index in [1.54, 1.807) is 37.3 Å². The van der Waals surface area contributed by atoms with Crippen molar-refractivity contribution in [2.24, 2.45) is 11.8 Å². The maximum atomic E-state index is 13.1. The first-order chi connectivity index (χ1) is 18.0. The number of aromatic nitrogens is 1. The molecule has 0 unspecified atom stereocenters. The predicted octanol–water partition coefficient (Wildman–Crippen LogP) is 2.45. The SMILES string of the molecule is CC1=C[C@@H](O)C[C@@H](O)Cc2nc(co2)C(=O)N2CCC=C2C(=O)O[C@H](C(C)C)[C@H](C)/C=C/C(=O)NCC=C1. The lowest BCUT2D eigenvalue weighted by Gasteiger charge is -2.27. The van der Waals surface area contributed by atoms with Crippen LogP contribution in [0.4, 0.5) is 0 Å². The highest BCUT2D eigenvalue weighted by Gasteiger charge is 2.33. The zero-order valence-electron chi connectivity index (χ0n) is 22.3. The number of carbonyl (C=O) groups is 3. The number of hydrogen-bond acceptors (Lipinski definition) is 8. The number of hydrogen-bond donors (Lipinski definition) is 3. The number of aliphatic hydroxyl groups is 2. The molecule has 0 radical (unpaired) electrons. The second kappa shape index (κ2) is 13.3. The van der Waals surface area contributed by atoms with E-state index in [4.69, 9.17) is 9.15 Å². The fraction of sp³-hybridized carbons (Fsp3) is 0.500. The van der Waals surface area contributed by atoms with Crippen LogP contribution in [0.1, 0.15) is 56.9 Å². The molecular formula is C28H37N3O7. The van der Waals surface area contributed by atoms with Gasteiger partial charge < -0.3 is 29.6 Å². The van der Waals surface area contributed by atoms with Crippen LogP contribution in [0.2, 0.25) is 0 Å². The minimum Gasteiger partial charge on any atom is -0.457 e. The molecule has 0 saturated heterocycles. The Labute approximate surface area is 222 Å². The summed E-state index contributed by atoms with van der Waals surface area (Å²) in [7, 11) is 0. The molecule has 206 valence electrons. The average Bonchev–Trinajstić information content (AvgIpc) is 3.52. The van der Waals surface area contributed by atoms with Gasteiger partial charge in [-0.05, 0) is 25.3 Å². The Morgan fingerprint density at radius 2 is 1.95 bits per heavy atom. The van der Waals surface area contributed by atoms with Gasteiger partial charge in [0.1, 0.15) is 18.1 Å². The molecule has 3 heterocycles. The fourth-order valence-electron chi connectivity index (χ4n) is 4.44. The van der Waals surface area contributed by atoms with Crippen molar-refractivity contribution in [2.75, 3.05) is 13.1 Å². The molecule has 3 N–H and O–H groups in total. The van der Waals surface area contributed by atoms with Crippen LogP contribution >= 0.6 is 0 Å². The number of fused-ring (bicyclic) bond motifs is 3. The fourth-order valence-corrected chi connectivity index (χ4v) is 4.44. The number of allylic oxidation sites excluding steroid dienone is 2. The molecule has 2 aliphatic rings. The maximum absolute atomic E-state index is 13.1. The molecule has 2 bridgehead atoms. The van der Waals surface area contributed by atoms with Gasteiger partial charge in [-0.2, -0.15) is 0 Å². The van der Waals surface area contributed by atoms with E-state index in [0.717, 1.165) is 5.57 Å². The summed E-state index contributed by atoms with van der Waals surface area (Å²) in [6, 6.07) is 0. The van der Waals surface area contributed by atoms with Crippen LogP contribution in [0.15, 0.2) is 58.4 Å². The third-order valence-corrected chi connectivity index (χ3v) is 6.33. The number of nitrogens with zero attached hydrogens (tertiary/aromatic N) is 2. The van der Waals surface area contributed by atoms with Crippen molar-refractivity contribution in [3.63, 3.8) is 0 Å². The predicted molar refractivity (Wildman–Crippen MR) is 140 cm³/mol. The molecule has 0 saturated carbocycles. The molecule has 1 aromatic heterocycles. The Morgan fingerprint density at radius 3 is 2.68 bits per heavy atom. The second-order valence-corrected chi connectivity index (χ2v) is 10.0. The summed E-state index contributed by atoms with van der Waals surface area (Å²) < 4.78 is 11.2. The van der Waals surface area contributed by atoms with Crippen molar-refractivity contribution >= 4 is 17.8 Å². The normalized spacial score (nSPS) is 27.3. The van der Waals surface area contributed by atoms with E-state index in [-0.39, 0.29) is 54.4 Å². The monoisotopic (exact) mass is 527 g/mol. The topological polar surface area (TPSA) is 142 Å². The standard InChI is InChI=1S/C28H37N3O7/c1-17(2)26-19(4)9-10-24(34)29-11-5-7-18(3)13-20(32)14-21(33)15-25-30-22(16-37-25)27(35)31-12-6-8-23(31)28(36)38-26/h5,7-10,13,16-17,19-21,26,32-33H,6,11-12,14-15H2,1-4H3,(H,29,34)/b7-5?,10-9+,18-13?/t19-,20-,21-,26-/m1/s1. The van der Waals surface area contributed by atoms with Crippen LogP contribution in [0.5, 0.6) is 0 Å². The van der Waals surface area contributed by atoms with E-state index in [1.165, 1.54) is 17.2 Å². The Morgan fingerprint density at radius 1 is 1.18 bits per heavy atom. The first kappa shape index (κ1) is 29.1. The number of nitrogens with one attached hydrogen (secondary N) is 1. The number of rotatable bonds is 1. The highest BCUT2D eigenvalue weighted by molar-refractivity contribution is 6.00. The van der Waals surface area contributed by atoms with Crippen LogP contribution in [-0.4, -0.2) is 69.3 Å². The average molecular weight is 528 g/mol. The van der Waals surface area contributed by atoms with E-state index in [9.17, 15) is 24.6 Å². The second-order valence-electron chi connectivity index (χ2n) is 10.0. The minimum atomic E-state index is -0.959. The highest BCUT2D eigenvalue weighted by Crippen LogP contribution is 2.24. The molecule has 0 spiro atoms. The molecule has 0 aromatic carbocycles. The summed E-state index contributed by atoms with van der Waals surface area (Å²) in [5.41, 5.74) is 0.909. The number of carbonyl (C=O) groups excluding carboxylic acids is 3. The van der Waals surface area contributed by atoms with Crippen molar-refractivity contribution in [3.8, 4) is 0 Å². The minimum absolute atomic E-state index is 0.00476. The zero-order chi connectivity index (χ0) is 27.8.